The summed E-state index contributed by atoms with van der Waals surface area (Å²) in [6.07, 6.45) is 5.59. The molecule has 0 saturated carbocycles. The highest BCUT2D eigenvalue weighted by molar-refractivity contribution is 5.76. The van der Waals surface area contributed by atoms with Crippen molar-refractivity contribution in [1.29, 1.82) is 0 Å². The summed E-state index contributed by atoms with van der Waals surface area (Å²) in [5.41, 5.74) is 6.46. The lowest BCUT2D eigenvalue weighted by Crippen LogP contribution is -2.26. The van der Waals surface area contributed by atoms with Crippen molar-refractivity contribution < 1.29 is 4.79 Å². The van der Waals surface area contributed by atoms with Gasteiger partial charge in [0, 0.05) is 25.4 Å². The Labute approximate surface area is 89.9 Å². The highest BCUT2D eigenvalue weighted by Gasteiger charge is 2.00. The Hall–Kier alpha value is -1.42. The summed E-state index contributed by atoms with van der Waals surface area (Å²) in [5, 5.41) is 2.82. The number of nitrogens with two attached hydrogens (primary N) is 1. The normalized spacial score (nSPS) is 9.93. The Morgan fingerprint density at radius 1 is 1.40 bits per heavy atom. The maximum Gasteiger partial charge on any atom is 0.220 e. The molecule has 1 aromatic rings. The van der Waals surface area contributed by atoms with Crippen molar-refractivity contribution in [2.45, 2.75) is 19.3 Å². The monoisotopic (exact) mass is 207 g/mol. The van der Waals surface area contributed by atoms with Gasteiger partial charge in [-0.1, -0.05) is 0 Å². The molecule has 4 heteroatoms. The number of pyridine rings is 1. The zero-order valence-corrected chi connectivity index (χ0v) is 8.78. The van der Waals surface area contributed by atoms with Crippen molar-refractivity contribution in [3.63, 3.8) is 0 Å². The van der Waals surface area contributed by atoms with Crippen molar-refractivity contribution in [1.82, 2.24) is 10.3 Å². The fraction of sp³-hybridized carbons (Fsp3) is 0.455. The Morgan fingerprint density at radius 3 is 2.80 bits per heavy atom. The molecule has 1 heterocycles. The van der Waals surface area contributed by atoms with E-state index in [1.54, 1.807) is 12.4 Å². The smallest absolute Gasteiger partial charge is 0.220 e. The second kappa shape index (κ2) is 6.95. The van der Waals surface area contributed by atoms with Gasteiger partial charge in [0.05, 0.1) is 0 Å². The number of hydrogen-bond acceptors (Lipinski definition) is 3. The van der Waals surface area contributed by atoms with Crippen LogP contribution >= 0.6 is 0 Å². The first-order chi connectivity index (χ1) is 7.33. The fourth-order valence-electron chi connectivity index (χ4n) is 1.23. The summed E-state index contributed by atoms with van der Waals surface area (Å²) in [5.74, 6) is 0.0836. The summed E-state index contributed by atoms with van der Waals surface area (Å²) in [6.45, 7) is 1.29. The molecule has 0 radical (unpaired) electrons. The van der Waals surface area contributed by atoms with Gasteiger partial charge in [-0.3, -0.25) is 9.78 Å². The standard InChI is InChI=1S/C11H17N3O/c12-6-1-7-14-11(15)3-2-10-4-8-13-9-5-10/h4-5,8-9H,1-3,6-7,12H2,(H,14,15). The van der Waals surface area contributed by atoms with Gasteiger partial charge in [0.2, 0.25) is 5.91 Å². The van der Waals surface area contributed by atoms with E-state index in [4.69, 9.17) is 5.73 Å². The molecule has 0 saturated heterocycles. The molecule has 15 heavy (non-hydrogen) atoms. The van der Waals surface area contributed by atoms with Crippen LogP contribution in [0.25, 0.3) is 0 Å². The molecule has 0 spiro atoms. The molecule has 1 aromatic heterocycles. The van der Waals surface area contributed by atoms with Crippen molar-refractivity contribution in [3.05, 3.63) is 30.1 Å². The molecule has 1 amide bonds. The van der Waals surface area contributed by atoms with Crippen molar-refractivity contribution in [3.8, 4) is 0 Å². The summed E-state index contributed by atoms with van der Waals surface area (Å²) in [4.78, 5) is 15.2. The first-order valence-electron chi connectivity index (χ1n) is 5.18. The minimum absolute atomic E-state index is 0.0836. The van der Waals surface area contributed by atoms with Gasteiger partial charge in [-0.05, 0) is 37.1 Å². The van der Waals surface area contributed by atoms with E-state index in [0.29, 0.717) is 19.5 Å². The molecule has 0 bridgehead atoms. The van der Waals surface area contributed by atoms with Crippen LogP contribution in [0.5, 0.6) is 0 Å². The van der Waals surface area contributed by atoms with Crippen LogP contribution in [0.4, 0.5) is 0 Å². The molecular weight excluding hydrogens is 190 g/mol. The molecule has 0 aliphatic rings. The lowest BCUT2D eigenvalue weighted by Gasteiger charge is -2.03. The SMILES string of the molecule is NCCCNC(=O)CCc1ccncc1. The van der Waals surface area contributed by atoms with Crippen LogP contribution in [0.1, 0.15) is 18.4 Å². The van der Waals surface area contributed by atoms with Gasteiger partial charge >= 0.3 is 0 Å². The maximum atomic E-state index is 11.3. The number of rotatable bonds is 6. The van der Waals surface area contributed by atoms with E-state index in [2.05, 4.69) is 10.3 Å². The van der Waals surface area contributed by atoms with E-state index in [-0.39, 0.29) is 5.91 Å². The second-order valence-corrected chi connectivity index (χ2v) is 3.35. The number of nitrogens with one attached hydrogen (secondary N) is 1. The zero-order chi connectivity index (χ0) is 10.9. The first-order valence-corrected chi connectivity index (χ1v) is 5.18. The molecule has 0 aliphatic carbocycles. The van der Waals surface area contributed by atoms with Gasteiger partial charge < -0.3 is 11.1 Å². The van der Waals surface area contributed by atoms with Gasteiger partial charge in [-0.15, -0.1) is 0 Å². The minimum Gasteiger partial charge on any atom is -0.356 e. The lowest BCUT2D eigenvalue weighted by atomic mass is 10.1. The summed E-state index contributed by atoms with van der Waals surface area (Å²) >= 11 is 0. The third-order valence-electron chi connectivity index (χ3n) is 2.09. The number of carbonyl (C=O) groups is 1. The number of nitrogens with zero attached hydrogens (tertiary/aromatic N) is 1. The second-order valence-electron chi connectivity index (χ2n) is 3.35. The molecule has 0 aliphatic heterocycles. The van der Waals surface area contributed by atoms with Crippen molar-refractivity contribution in [2.24, 2.45) is 5.73 Å². The highest BCUT2D eigenvalue weighted by atomic mass is 16.1. The van der Waals surface area contributed by atoms with Crippen LogP contribution in [0.2, 0.25) is 0 Å². The molecule has 0 fully saturated rings. The number of aromatic nitrogens is 1. The average Bonchev–Trinajstić information content (AvgIpc) is 2.28. The molecular formula is C11H17N3O. The molecule has 4 nitrogen and oxygen atoms in total. The van der Waals surface area contributed by atoms with E-state index in [9.17, 15) is 4.79 Å². The predicted molar refractivity (Wildman–Crippen MR) is 59.2 cm³/mol. The van der Waals surface area contributed by atoms with Crippen LogP contribution < -0.4 is 11.1 Å². The lowest BCUT2D eigenvalue weighted by molar-refractivity contribution is -0.121. The number of hydrogen-bond donors (Lipinski definition) is 2. The van der Waals surface area contributed by atoms with E-state index in [1.165, 1.54) is 0 Å². The molecule has 82 valence electrons. The minimum atomic E-state index is 0.0836. The van der Waals surface area contributed by atoms with Gasteiger partial charge in [0.1, 0.15) is 0 Å². The largest absolute Gasteiger partial charge is 0.356 e. The summed E-state index contributed by atoms with van der Waals surface area (Å²) < 4.78 is 0. The van der Waals surface area contributed by atoms with Gasteiger partial charge in [0.15, 0.2) is 0 Å². The molecule has 1 rings (SSSR count). The van der Waals surface area contributed by atoms with Crippen LogP contribution in [0.3, 0.4) is 0 Å². The predicted octanol–water partition coefficient (Wildman–Crippen LogP) is 0.479. The summed E-state index contributed by atoms with van der Waals surface area (Å²) in [6, 6.07) is 3.85. The number of amides is 1. The van der Waals surface area contributed by atoms with E-state index >= 15 is 0 Å². The fourth-order valence-corrected chi connectivity index (χ4v) is 1.23. The third kappa shape index (κ3) is 5.12. The molecule has 0 atom stereocenters. The van der Waals surface area contributed by atoms with Gasteiger partial charge in [0.25, 0.3) is 0 Å². The Morgan fingerprint density at radius 2 is 2.13 bits per heavy atom. The maximum absolute atomic E-state index is 11.3. The molecule has 3 N–H and O–H groups in total. The van der Waals surface area contributed by atoms with Gasteiger partial charge in [-0.2, -0.15) is 0 Å². The van der Waals surface area contributed by atoms with Crippen LogP contribution in [-0.4, -0.2) is 24.0 Å². The van der Waals surface area contributed by atoms with Crippen LogP contribution in [-0.2, 0) is 11.2 Å². The highest BCUT2D eigenvalue weighted by Crippen LogP contribution is 2.00. The van der Waals surface area contributed by atoms with Crippen LogP contribution in [0.15, 0.2) is 24.5 Å². The van der Waals surface area contributed by atoms with Crippen molar-refractivity contribution >= 4 is 5.91 Å². The third-order valence-corrected chi connectivity index (χ3v) is 2.09. The van der Waals surface area contributed by atoms with Crippen LogP contribution in [0, 0.1) is 0 Å². The topological polar surface area (TPSA) is 68.0 Å². The Kier molecular flexibility index (Phi) is 5.40. The number of aryl methyl sites for hydroxylation is 1. The molecule has 0 unspecified atom stereocenters. The molecule has 0 aromatic carbocycles. The van der Waals surface area contributed by atoms with Gasteiger partial charge in [-0.25, -0.2) is 0 Å². The Bertz CT molecular complexity index is 287. The Balaban J connectivity index is 2.17. The quantitative estimate of drug-likeness (QED) is 0.667. The van der Waals surface area contributed by atoms with Crippen molar-refractivity contribution in [2.75, 3.05) is 13.1 Å². The first kappa shape index (κ1) is 11.7. The zero-order valence-electron chi connectivity index (χ0n) is 8.78. The van der Waals surface area contributed by atoms with E-state index in [1.807, 2.05) is 12.1 Å². The summed E-state index contributed by atoms with van der Waals surface area (Å²) in [7, 11) is 0. The average molecular weight is 207 g/mol. The number of carbonyl (C=O) groups excluding carboxylic acids is 1. The van der Waals surface area contributed by atoms with E-state index in [0.717, 1.165) is 18.4 Å². The van der Waals surface area contributed by atoms with E-state index < -0.39 is 0 Å².